The van der Waals surface area contributed by atoms with Crippen LogP contribution in [0.15, 0.2) is 0 Å². The van der Waals surface area contributed by atoms with E-state index in [1.54, 1.807) is 0 Å². The van der Waals surface area contributed by atoms with Gasteiger partial charge in [-0.05, 0) is 12.8 Å². The van der Waals surface area contributed by atoms with Crippen molar-refractivity contribution in [3.63, 3.8) is 0 Å². The molecule has 11 heavy (non-hydrogen) atoms. The first-order valence-corrected chi connectivity index (χ1v) is 5.24. The summed E-state index contributed by atoms with van der Waals surface area (Å²) in [5.74, 6) is 0. The predicted octanol–water partition coefficient (Wildman–Crippen LogP) is 0.164. The normalized spacial score (nSPS) is 22.0. The summed E-state index contributed by atoms with van der Waals surface area (Å²) >= 11 is 0. The van der Waals surface area contributed by atoms with Crippen LogP contribution in [0.5, 0.6) is 0 Å². The molecule has 0 N–H and O–H groups in total. The molecule has 1 saturated carbocycles. The lowest BCUT2D eigenvalue weighted by molar-refractivity contribution is -0.345. The molecule has 0 atom stereocenters. The summed E-state index contributed by atoms with van der Waals surface area (Å²) in [6, 6.07) is 0. The summed E-state index contributed by atoms with van der Waals surface area (Å²) in [5, 5.41) is 0. The van der Waals surface area contributed by atoms with Crippen molar-refractivity contribution in [2.24, 2.45) is 0 Å². The highest BCUT2D eigenvalue weighted by atomic mass is 31.2. The molecule has 1 aliphatic rings. The van der Waals surface area contributed by atoms with Gasteiger partial charge in [-0.1, -0.05) is 19.3 Å². The Morgan fingerprint density at radius 1 is 1.18 bits per heavy atom. The molecule has 0 spiro atoms. The number of hydrogen-bond donors (Lipinski definition) is 0. The Bertz CT molecular complexity index is 158. The molecule has 66 valence electrons. The Morgan fingerprint density at radius 3 is 2.18 bits per heavy atom. The lowest BCUT2D eigenvalue weighted by atomic mass is 9.98. The molecule has 1 fully saturated rings. The van der Waals surface area contributed by atoms with E-state index in [4.69, 9.17) is 0 Å². The standard InChI is InChI=1S/C6H13O4P/c7-11(8,9)10-6-4-2-1-3-5-6/h6H,1-5H2,(H2,7,8,9)/p-2. The van der Waals surface area contributed by atoms with Crippen LogP contribution in [0.2, 0.25) is 0 Å². The molecule has 4 nitrogen and oxygen atoms in total. The highest BCUT2D eigenvalue weighted by Crippen LogP contribution is 2.33. The maximum atomic E-state index is 10.1. The Kier molecular flexibility index (Phi) is 3.07. The van der Waals surface area contributed by atoms with Crippen LogP contribution < -0.4 is 9.79 Å². The Hall–Kier alpha value is 0.110. The molecule has 0 aromatic heterocycles. The van der Waals surface area contributed by atoms with E-state index in [9.17, 15) is 14.4 Å². The highest BCUT2D eigenvalue weighted by molar-refractivity contribution is 7.43. The van der Waals surface area contributed by atoms with E-state index in [1.165, 1.54) is 0 Å². The van der Waals surface area contributed by atoms with Crippen molar-refractivity contribution in [3.8, 4) is 0 Å². The van der Waals surface area contributed by atoms with Gasteiger partial charge < -0.3 is 18.9 Å². The quantitative estimate of drug-likeness (QED) is 0.565. The second-order valence-corrected chi connectivity index (χ2v) is 3.92. The maximum Gasteiger partial charge on any atom is 0.0627 e. The predicted molar refractivity (Wildman–Crippen MR) is 35.6 cm³/mol. The van der Waals surface area contributed by atoms with Crippen molar-refractivity contribution in [3.05, 3.63) is 0 Å². The third-order valence-electron chi connectivity index (χ3n) is 1.83. The molecule has 1 aliphatic carbocycles. The highest BCUT2D eigenvalue weighted by Gasteiger charge is 2.14. The van der Waals surface area contributed by atoms with Crippen LogP contribution in [-0.4, -0.2) is 6.10 Å². The summed E-state index contributed by atoms with van der Waals surface area (Å²) < 4.78 is 14.5. The molecule has 0 bridgehead atoms. The van der Waals surface area contributed by atoms with Crippen LogP contribution in [0.3, 0.4) is 0 Å². The van der Waals surface area contributed by atoms with Gasteiger partial charge in [-0.25, -0.2) is 0 Å². The molecular formula is C6H11O4P-2. The summed E-state index contributed by atoms with van der Waals surface area (Å²) in [4.78, 5) is 20.3. The van der Waals surface area contributed by atoms with Crippen molar-refractivity contribution in [1.82, 2.24) is 0 Å². The van der Waals surface area contributed by atoms with Gasteiger partial charge in [0, 0.05) is 0 Å². The van der Waals surface area contributed by atoms with Crippen molar-refractivity contribution in [2.45, 2.75) is 38.2 Å². The fourth-order valence-electron chi connectivity index (χ4n) is 1.35. The largest absolute Gasteiger partial charge is 0.790 e. The molecule has 0 aromatic rings. The molecular weight excluding hydrogens is 167 g/mol. The topological polar surface area (TPSA) is 72.4 Å². The lowest BCUT2D eigenvalue weighted by Crippen LogP contribution is -2.24. The Morgan fingerprint density at radius 2 is 1.73 bits per heavy atom. The smallest absolute Gasteiger partial charge is 0.0627 e. The van der Waals surface area contributed by atoms with Crippen LogP contribution in [0.4, 0.5) is 0 Å². The summed E-state index contributed by atoms with van der Waals surface area (Å²) in [5.41, 5.74) is 0. The average molecular weight is 178 g/mol. The summed E-state index contributed by atoms with van der Waals surface area (Å²) in [6.45, 7) is 0. The fraction of sp³-hybridized carbons (Fsp3) is 1.00. The van der Waals surface area contributed by atoms with Crippen molar-refractivity contribution >= 4 is 7.82 Å². The zero-order valence-corrected chi connectivity index (χ0v) is 7.09. The van der Waals surface area contributed by atoms with E-state index in [0.29, 0.717) is 12.8 Å². The first-order chi connectivity index (χ1) is 5.08. The van der Waals surface area contributed by atoms with Gasteiger partial charge in [0.15, 0.2) is 0 Å². The zero-order chi connectivity index (χ0) is 8.32. The van der Waals surface area contributed by atoms with Gasteiger partial charge in [-0.3, -0.25) is 0 Å². The molecule has 0 aliphatic heterocycles. The Balaban J connectivity index is 2.30. The van der Waals surface area contributed by atoms with Crippen LogP contribution in [0.1, 0.15) is 32.1 Å². The van der Waals surface area contributed by atoms with E-state index in [0.717, 1.165) is 19.3 Å². The summed E-state index contributed by atoms with van der Waals surface area (Å²) in [6.07, 6.45) is 4.10. The molecule has 0 radical (unpaired) electrons. The third kappa shape index (κ3) is 3.87. The van der Waals surface area contributed by atoms with Crippen molar-refractivity contribution < 1.29 is 18.9 Å². The minimum Gasteiger partial charge on any atom is -0.790 e. The van der Waals surface area contributed by atoms with Gasteiger partial charge >= 0.3 is 0 Å². The minimum absolute atomic E-state index is 0.343. The maximum absolute atomic E-state index is 10.1. The van der Waals surface area contributed by atoms with E-state index in [2.05, 4.69) is 4.52 Å². The van der Waals surface area contributed by atoms with Gasteiger partial charge in [0.1, 0.15) is 0 Å². The number of rotatable bonds is 2. The molecule has 5 heteroatoms. The van der Waals surface area contributed by atoms with Gasteiger partial charge in [0.2, 0.25) is 0 Å². The summed E-state index contributed by atoms with van der Waals surface area (Å²) in [7, 11) is -4.73. The monoisotopic (exact) mass is 178 g/mol. The molecule has 0 aromatic carbocycles. The Labute approximate surface area is 65.8 Å². The van der Waals surface area contributed by atoms with Crippen LogP contribution in [-0.2, 0) is 9.09 Å². The first kappa shape index (κ1) is 9.20. The minimum atomic E-state index is -4.73. The number of phosphoric acid groups is 1. The van der Waals surface area contributed by atoms with Gasteiger partial charge in [0.25, 0.3) is 0 Å². The van der Waals surface area contributed by atoms with E-state index in [-0.39, 0.29) is 6.10 Å². The van der Waals surface area contributed by atoms with Crippen LogP contribution in [0.25, 0.3) is 0 Å². The molecule has 0 saturated heterocycles. The van der Waals surface area contributed by atoms with Crippen LogP contribution in [0, 0.1) is 0 Å². The molecule has 0 heterocycles. The van der Waals surface area contributed by atoms with Crippen molar-refractivity contribution in [2.75, 3.05) is 0 Å². The lowest BCUT2D eigenvalue weighted by Gasteiger charge is -2.34. The first-order valence-electron chi connectivity index (χ1n) is 3.78. The van der Waals surface area contributed by atoms with Gasteiger partial charge in [0.05, 0.1) is 13.9 Å². The van der Waals surface area contributed by atoms with E-state index < -0.39 is 7.82 Å². The van der Waals surface area contributed by atoms with E-state index in [1.807, 2.05) is 0 Å². The number of hydrogen-bond acceptors (Lipinski definition) is 4. The molecule has 0 amide bonds. The molecule has 0 unspecified atom stereocenters. The number of phosphoric ester groups is 1. The SMILES string of the molecule is O=P([O-])([O-])OC1CCCCC1. The van der Waals surface area contributed by atoms with Crippen LogP contribution >= 0.6 is 7.82 Å². The average Bonchev–Trinajstić information content (AvgIpc) is 1.85. The van der Waals surface area contributed by atoms with Gasteiger partial charge in [-0.2, -0.15) is 0 Å². The second-order valence-electron chi connectivity index (χ2n) is 2.81. The zero-order valence-electron chi connectivity index (χ0n) is 6.19. The van der Waals surface area contributed by atoms with Crippen molar-refractivity contribution in [1.29, 1.82) is 0 Å². The van der Waals surface area contributed by atoms with Gasteiger partial charge in [-0.15, -0.1) is 0 Å². The van der Waals surface area contributed by atoms with E-state index >= 15 is 0 Å². The second kappa shape index (κ2) is 3.68. The molecule has 1 rings (SSSR count). The third-order valence-corrected chi connectivity index (χ3v) is 2.39. The fourth-order valence-corrected chi connectivity index (χ4v) is 1.93.